The molecule has 2 aromatic carbocycles. The molecule has 0 spiro atoms. The van der Waals surface area contributed by atoms with Crippen molar-refractivity contribution in [3.05, 3.63) is 71.3 Å². The van der Waals surface area contributed by atoms with Gasteiger partial charge in [0.25, 0.3) is 0 Å². The summed E-state index contributed by atoms with van der Waals surface area (Å²) in [4.78, 5) is 26.3. The minimum absolute atomic E-state index is 0.0370. The molecule has 0 aliphatic carbocycles. The third-order valence-electron chi connectivity index (χ3n) is 12.2. The van der Waals surface area contributed by atoms with E-state index in [0.29, 0.717) is 46.2 Å². The van der Waals surface area contributed by atoms with E-state index in [1.54, 1.807) is 18.2 Å². The van der Waals surface area contributed by atoms with Crippen molar-refractivity contribution in [1.29, 1.82) is 0 Å². The number of anilines is 1. The fourth-order valence-corrected chi connectivity index (χ4v) is 9.42. The number of aromatic nitrogens is 5. The van der Waals surface area contributed by atoms with Crippen LogP contribution in [0.3, 0.4) is 0 Å². The van der Waals surface area contributed by atoms with E-state index in [0.717, 1.165) is 64.2 Å². The summed E-state index contributed by atoms with van der Waals surface area (Å²) in [5, 5.41) is 5.27. The van der Waals surface area contributed by atoms with Gasteiger partial charge in [0.1, 0.15) is 36.1 Å². The zero-order chi connectivity index (χ0) is 39.5. The van der Waals surface area contributed by atoms with Gasteiger partial charge in [0, 0.05) is 54.4 Å². The molecule has 3 aromatic heterocycles. The van der Waals surface area contributed by atoms with Crippen molar-refractivity contribution in [2.24, 2.45) is 0 Å². The average Bonchev–Trinajstić information content (AvgIpc) is 3.78. The van der Waals surface area contributed by atoms with Gasteiger partial charge in [-0.2, -0.15) is 28.1 Å². The predicted molar refractivity (Wildman–Crippen MR) is 204 cm³/mol. The van der Waals surface area contributed by atoms with Crippen LogP contribution < -0.4 is 19.7 Å². The second-order valence-electron chi connectivity index (χ2n) is 15.5. The molecular weight excluding hydrogens is 744 g/mol. The molecule has 3 saturated heterocycles. The minimum Gasteiger partial charge on any atom is -0.476 e. The maximum absolute atomic E-state index is 17.4. The SMILES string of the molecule is C#Cc1c(F)ccc2cccc(-c3nc4c5c(nc(OC[C@@]67CCCN6[C@H](COc6ccnc(C(F)(F)F)n6)CC7)nc5c3F)N3C[C@@H](CC)NC[C@H]3CCC4)c12. The van der Waals surface area contributed by atoms with Gasteiger partial charge < -0.3 is 19.7 Å². The summed E-state index contributed by atoms with van der Waals surface area (Å²) >= 11 is 0. The lowest BCUT2D eigenvalue weighted by molar-refractivity contribution is -0.145. The lowest BCUT2D eigenvalue weighted by Crippen LogP contribution is -2.57. The Kier molecular flexibility index (Phi) is 9.59. The van der Waals surface area contributed by atoms with Crippen molar-refractivity contribution in [3.8, 4) is 35.5 Å². The Labute approximate surface area is 326 Å². The third-order valence-corrected chi connectivity index (χ3v) is 12.2. The summed E-state index contributed by atoms with van der Waals surface area (Å²) in [5.74, 6) is 0.431. The topological polar surface area (TPSA) is 101 Å². The average molecular weight is 785 g/mol. The smallest absolute Gasteiger partial charge is 0.451 e. The number of piperazine rings is 1. The van der Waals surface area contributed by atoms with E-state index in [2.05, 4.69) is 37.9 Å². The number of hydrogen-bond acceptors (Lipinski definition) is 10. The van der Waals surface area contributed by atoms with Gasteiger partial charge in [-0.15, -0.1) is 6.42 Å². The normalized spacial score (nSPS) is 23.5. The molecule has 0 saturated carbocycles. The monoisotopic (exact) mass is 784 g/mol. The molecule has 9 rings (SSSR count). The highest BCUT2D eigenvalue weighted by molar-refractivity contribution is 6.02. The second kappa shape index (κ2) is 14.6. The number of ether oxygens (including phenoxy) is 2. The van der Waals surface area contributed by atoms with E-state index >= 15 is 8.78 Å². The fraction of sp³-hybridized carbons (Fsp3) is 0.452. The third kappa shape index (κ3) is 6.66. The van der Waals surface area contributed by atoms with Gasteiger partial charge in [-0.1, -0.05) is 37.1 Å². The Morgan fingerprint density at radius 1 is 1.00 bits per heavy atom. The molecular formula is C42H41F5N8O2. The van der Waals surface area contributed by atoms with Crippen LogP contribution in [0.4, 0.5) is 27.8 Å². The molecule has 7 heterocycles. The highest BCUT2D eigenvalue weighted by atomic mass is 19.4. The molecule has 5 aromatic rings. The fourth-order valence-electron chi connectivity index (χ4n) is 9.42. The van der Waals surface area contributed by atoms with E-state index in [1.807, 2.05) is 6.07 Å². The number of pyridine rings is 1. The number of terminal acetylenes is 1. The molecule has 0 amide bonds. The number of nitrogens with one attached hydrogen (secondary N) is 1. The number of fused-ring (bicyclic) bond motifs is 4. The molecule has 0 unspecified atom stereocenters. The summed E-state index contributed by atoms with van der Waals surface area (Å²) in [6.07, 6.45) is 8.55. The molecule has 4 aliphatic rings. The van der Waals surface area contributed by atoms with E-state index in [9.17, 15) is 13.2 Å². The van der Waals surface area contributed by atoms with Crippen molar-refractivity contribution in [2.75, 3.05) is 37.7 Å². The summed E-state index contributed by atoms with van der Waals surface area (Å²) in [6.45, 7) is 4.69. The summed E-state index contributed by atoms with van der Waals surface area (Å²) in [7, 11) is 0. The first-order valence-electron chi connectivity index (χ1n) is 19.6. The van der Waals surface area contributed by atoms with Crippen molar-refractivity contribution in [3.63, 3.8) is 0 Å². The quantitative estimate of drug-likeness (QED) is 0.128. The van der Waals surface area contributed by atoms with Crippen LogP contribution in [-0.2, 0) is 12.6 Å². The molecule has 4 atom stereocenters. The minimum atomic E-state index is -4.68. The Morgan fingerprint density at radius 2 is 1.88 bits per heavy atom. The van der Waals surface area contributed by atoms with Crippen LogP contribution in [0.25, 0.3) is 32.9 Å². The second-order valence-corrected chi connectivity index (χ2v) is 15.5. The molecule has 4 aliphatic heterocycles. The number of hydrogen-bond donors (Lipinski definition) is 1. The van der Waals surface area contributed by atoms with Gasteiger partial charge in [0.05, 0.1) is 22.2 Å². The van der Waals surface area contributed by atoms with E-state index < -0.39 is 29.2 Å². The molecule has 296 valence electrons. The maximum Gasteiger partial charge on any atom is 0.451 e. The van der Waals surface area contributed by atoms with E-state index in [1.165, 1.54) is 12.1 Å². The van der Waals surface area contributed by atoms with Gasteiger partial charge in [0.15, 0.2) is 5.82 Å². The standard InChI is InChI=1S/C42H41F5N8O2/c1-3-25-21-54-26(20-49-25)9-6-11-31-34-37(35(44)36(50-31)29-10-5-8-24-12-13-30(43)28(4-2)33(24)29)52-40(53-38(34)54)57-23-41-16-7-19-55(41)27(14-17-41)22-56-32-15-18-48-39(51-32)42(45,46)47/h2,5,8,10,12-13,15,18,25-27,49H,3,6-7,9,11,14,16-17,19-23H2,1H3/t25-,26-,27+,41+/m1/s1. The first-order chi connectivity index (χ1) is 27.6. The van der Waals surface area contributed by atoms with E-state index in [-0.39, 0.29) is 60.0 Å². The number of halogens is 5. The van der Waals surface area contributed by atoms with Crippen LogP contribution in [0, 0.1) is 24.0 Å². The van der Waals surface area contributed by atoms with Gasteiger partial charge in [-0.3, -0.25) is 4.90 Å². The largest absolute Gasteiger partial charge is 0.476 e. The summed E-state index contributed by atoms with van der Waals surface area (Å²) < 4.78 is 84.5. The van der Waals surface area contributed by atoms with Gasteiger partial charge in [0.2, 0.25) is 11.7 Å². The Morgan fingerprint density at radius 3 is 2.70 bits per heavy atom. The number of aryl methyl sites for hydroxylation is 1. The van der Waals surface area contributed by atoms with E-state index in [4.69, 9.17) is 30.8 Å². The molecule has 57 heavy (non-hydrogen) atoms. The van der Waals surface area contributed by atoms with Crippen molar-refractivity contribution in [1.82, 2.24) is 35.1 Å². The van der Waals surface area contributed by atoms with Crippen molar-refractivity contribution < 1.29 is 31.4 Å². The maximum atomic E-state index is 17.4. The molecule has 3 fully saturated rings. The highest BCUT2D eigenvalue weighted by Crippen LogP contribution is 2.44. The molecule has 0 radical (unpaired) electrons. The van der Waals surface area contributed by atoms with Crippen LogP contribution in [0.15, 0.2) is 42.6 Å². The van der Waals surface area contributed by atoms with Gasteiger partial charge >= 0.3 is 12.2 Å². The molecule has 10 nitrogen and oxygen atoms in total. The van der Waals surface area contributed by atoms with Crippen LogP contribution in [0.1, 0.15) is 69.0 Å². The first-order valence-corrected chi connectivity index (χ1v) is 19.6. The zero-order valence-corrected chi connectivity index (χ0v) is 31.4. The number of nitrogens with zero attached hydrogens (tertiary/aromatic N) is 7. The summed E-state index contributed by atoms with van der Waals surface area (Å²) in [6, 6.07) is 9.84. The van der Waals surface area contributed by atoms with Crippen molar-refractivity contribution >= 4 is 27.5 Å². The van der Waals surface area contributed by atoms with Gasteiger partial charge in [-0.25, -0.2) is 18.7 Å². The highest BCUT2D eigenvalue weighted by Gasteiger charge is 2.50. The van der Waals surface area contributed by atoms with Crippen LogP contribution in [0.2, 0.25) is 0 Å². The Balaban J connectivity index is 1.09. The lowest BCUT2D eigenvalue weighted by atomic mass is 9.94. The Bertz CT molecular complexity index is 2410. The molecule has 15 heteroatoms. The lowest BCUT2D eigenvalue weighted by Gasteiger charge is -2.42. The Hall–Kier alpha value is -5.20. The zero-order valence-electron chi connectivity index (χ0n) is 31.4. The first kappa shape index (κ1) is 37.4. The van der Waals surface area contributed by atoms with Crippen LogP contribution in [-0.4, -0.2) is 86.3 Å². The summed E-state index contributed by atoms with van der Waals surface area (Å²) in [5.41, 5.74) is 0.806. The molecule has 0 bridgehead atoms. The van der Waals surface area contributed by atoms with Gasteiger partial charge in [-0.05, 0) is 69.4 Å². The predicted octanol–water partition coefficient (Wildman–Crippen LogP) is 7.26. The van der Waals surface area contributed by atoms with Crippen LogP contribution in [0.5, 0.6) is 11.9 Å². The van der Waals surface area contributed by atoms with Crippen LogP contribution >= 0.6 is 0 Å². The molecule has 1 N–H and O–H groups in total. The number of rotatable bonds is 8. The number of benzene rings is 2. The number of alkyl halides is 3. The van der Waals surface area contributed by atoms with Crippen molar-refractivity contribution in [2.45, 2.75) is 88.1 Å².